The van der Waals surface area contributed by atoms with Gasteiger partial charge in [0, 0.05) is 5.56 Å². The van der Waals surface area contributed by atoms with Crippen LogP contribution in [-0.4, -0.2) is 10.7 Å². The van der Waals surface area contributed by atoms with Gasteiger partial charge in [-0.15, -0.1) is 0 Å². The van der Waals surface area contributed by atoms with Crippen LogP contribution >= 0.6 is 12.6 Å². The predicted molar refractivity (Wildman–Crippen MR) is 51.7 cm³/mol. The Balaban J connectivity index is 2.77. The number of hydrogen-bond donors (Lipinski definition) is 1. The van der Waals surface area contributed by atoms with E-state index in [9.17, 15) is 8.78 Å². The van der Waals surface area contributed by atoms with E-state index >= 15 is 0 Å². The fourth-order valence-electron chi connectivity index (χ4n) is 0.832. The van der Waals surface area contributed by atoms with E-state index in [1.54, 1.807) is 12.2 Å². The largest absolute Gasteiger partial charge is 0.222 e. The summed E-state index contributed by atoms with van der Waals surface area (Å²) in [5, 5.41) is 0. The second-order valence-electron chi connectivity index (χ2n) is 2.43. The van der Waals surface area contributed by atoms with Crippen LogP contribution in [0.1, 0.15) is 12.0 Å². The molecule has 0 unspecified atom stereocenters. The van der Waals surface area contributed by atoms with Crippen molar-refractivity contribution < 1.29 is 8.78 Å². The van der Waals surface area contributed by atoms with E-state index in [0.29, 0.717) is 11.3 Å². The lowest BCUT2D eigenvalue weighted by atomic mass is 10.2. The molecule has 0 aliphatic rings. The first-order valence-electron chi connectivity index (χ1n) is 3.83. The van der Waals surface area contributed by atoms with Crippen molar-refractivity contribution in [3.8, 4) is 0 Å². The van der Waals surface area contributed by atoms with Crippen LogP contribution in [0.15, 0.2) is 18.2 Å². The van der Waals surface area contributed by atoms with Crippen LogP contribution in [0.25, 0.3) is 6.08 Å². The number of aromatic nitrogens is 1. The summed E-state index contributed by atoms with van der Waals surface area (Å²) in [5.74, 6) is -0.883. The van der Waals surface area contributed by atoms with Gasteiger partial charge in [0.25, 0.3) is 0 Å². The van der Waals surface area contributed by atoms with Crippen LogP contribution in [-0.2, 0) is 0 Å². The molecular weight excluding hydrogens is 192 g/mol. The van der Waals surface area contributed by atoms with Gasteiger partial charge in [0.15, 0.2) is 0 Å². The van der Waals surface area contributed by atoms with E-state index in [2.05, 4.69) is 17.6 Å². The normalized spacial score (nSPS) is 11.0. The molecule has 0 aromatic carbocycles. The second-order valence-corrected chi connectivity index (χ2v) is 2.88. The van der Waals surface area contributed by atoms with Crippen molar-refractivity contribution in [2.24, 2.45) is 0 Å². The first kappa shape index (κ1) is 10.2. The maximum Gasteiger partial charge on any atom is 0.222 e. The van der Waals surface area contributed by atoms with Gasteiger partial charge in [-0.25, -0.2) is 0 Å². The van der Waals surface area contributed by atoms with Crippen LogP contribution < -0.4 is 0 Å². The molecule has 1 aromatic rings. The van der Waals surface area contributed by atoms with Crippen molar-refractivity contribution in [2.75, 3.05) is 5.75 Å². The van der Waals surface area contributed by atoms with E-state index in [1.807, 2.05) is 0 Å². The van der Waals surface area contributed by atoms with Crippen LogP contribution in [0.4, 0.5) is 8.78 Å². The molecule has 0 saturated carbocycles. The summed E-state index contributed by atoms with van der Waals surface area (Å²) in [7, 11) is 0. The van der Waals surface area contributed by atoms with Crippen LogP contribution in [0.2, 0.25) is 0 Å². The fraction of sp³-hybridized carbons (Fsp3) is 0.222. The minimum atomic E-state index is -0.802. The maximum absolute atomic E-state index is 12.9. The molecule has 0 N–H and O–H groups in total. The van der Waals surface area contributed by atoms with Crippen molar-refractivity contribution in [1.82, 2.24) is 4.98 Å². The summed E-state index contributed by atoms with van der Waals surface area (Å²) in [4.78, 5) is 3.05. The Morgan fingerprint density at radius 1 is 1.38 bits per heavy atom. The molecule has 13 heavy (non-hydrogen) atoms. The number of hydrogen-bond acceptors (Lipinski definition) is 2. The van der Waals surface area contributed by atoms with Gasteiger partial charge in [0.2, 0.25) is 11.9 Å². The van der Waals surface area contributed by atoms with Gasteiger partial charge in [-0.05, 0) is 24.3 Å². The lowest BCUT2D eigenvalue weighted by Crippen LogP contribution is -1.90. The molecular formula is C9H9F2NS. The summed E-state index contributed by atoms with van der Waals surface area (Å²) < 4.78 is 25.2. The maximum atomic E-state index is 12.9. The Hall–Kier alpha value is -0.900. The summed E-state index contributed by atoms with van der Waals surface area (Å²) in [6.45, 7) is 0. The van der Waals surface area contributed by atoms with E-state index in [0.717, 1.165) is 12.5 Å². The lowest BCUT2D eigenvalue weighted by Gasteiger charge is -1.94. The standard InChI is InChI=1S/C9H9F2NS/c10-8-5-4-7(9(11)12-8)3-1-2-6-13/h1,3-5,13H,2,6H2. The van der Waals surface area contributed by atoms with Gasteiger partial charge in [-0.2, -0.15) is 26.4 Å². The fourth-order valence-corrected chi connectivity index (χ4v) is 0.981. The summed E-state index contributed by atoms with van der Waals surface area (Å²) in [6.07, 6.45) is 4.09. The van der Waals surface area contributed by atoms with Crippen LogP contribution in [0.3, 0.4) is 0 Å². The van der Waals surface area contributed by atoms with Gasteiger partial charge in [0.1, 0.15) is 0 Å². The molecule has 0 bridgehead atoms. The number of pyridine rings is 1. The van der Waals surface area contributed by atoms with E-state index in [1.165, 1.54) is 6.07 Å². The zero-order chi connectivity index (χ0) is 9.68. The Morgan fingerprint density at radius 3 is 2.77 bits per heavy atom. The molecule has 0 atom stereocenters. The Labute approximate surface area is 80.9 Å². The van der Waals surface area contributed by atoms with E-state index in [4.69, 9.17) is 0 Å². The Morgan fingerprint density at radius 2 is 2.15 bits per heavy atom. The third kappa shape index (κ3) is 3.14. The average molecular weight is 201 g/mol. The first-order valence-corrected chi connectivity index (χ1v) is 4.46. The predicted octanol–water partition coefficient (Wildman–Crippen LogP) is 2.69. The monoisotopic (exact) mass is 201 g/mol. The number of halogens is 2. The summed E-state index contributed by atoms with van der Waals surface area (Å²) in [6, 6.07) is 2.48. The third-order valence-electron chi connectivity index (χ3n) is 1.44. The molecule has 1 heterocycles. The highest BCUT2D eigenvalue weighted by molar-refractivity contribution is 7.80. The topological polar surface area (TPSA) is 12.9 Å². The first-order chi connectivity index (χ1) is 6.24. The van der Waals surface area contributed by atoms with E-state index < -0.39 is 11.9 Å². The Kier molecular flexibility index (Phi) is 3.89. The van der Waals surface area contributed by atoms with Gasteiger partial charge in [-0.3, -0.25) is 0 Å². The number of rotatable bonds is 3. The van der Waals surface area contributed by atoms with Crippen molar-refractivity contribution >= 4 is 18.7 Å². The molecule has 0 fully saturated rings. The summed E-state index contributed by atoms with van der Waals surface area (Å²) >= 11 is 3.99. The van der Waals surface area contributed by atoms with E-state index in [-0.39, 0.29) is 0 Å². The zero-order valence-electron chi connectivity index (χ0n) is 6.87. The third-order valence-corrected chi connectivity index (χ3v) is 1.69. The molecule has 4 heteroatoms. The smallest absolute Gasteiger partial charge is 0.190 e. The van der Waals surface area contributed by atoms with Crippen molar-refractivity contribution in [1.29, 1.82) is 0 Å². The zero-order valence-corrected chi connectivity index (χ0v) is 7.77. The van der Waals surface area contributed by atoms with Gasteiger partial charge in [0.05, 0.1) is 0 Å². The molecule has 1 rings (SSSR count). The van der Waals surface area contributed by atoms with Crippen molar-refractivity contribution in [3.05, 3.63) is 35.7 Å². The molecule has 1 nitrogen and oxygen atoms in total. The van der Waals surface area contributed by atoms with Crippen molar-refractivity contribution in [3.63, 3.8) is 0 Å². The summed E-state index contributed by atoms with van der Waals surface area (Å²) in [5.41, 5.74) is 0.295. The molecule has 0 aliphatic heterocycles. The molecule has 0 saturated heterocycles. The highest BCUT2D eigenvalue weighted by Gasteiger charge is 2.00. The van der Waals surface area contributed by atoms with Gasteiger partial charge >= 0.3 is 0 Å². The van der Waals surface area contributed by atoms with Crippen molar-refractivity contribution in [2.45, 2.75) is 6.42 Å². The van der Waals surface area contributed by atoms with Gasteiger partial charge < -0.3 is 0 Å². The van der Waals surface area contributed by atoms with Crippen LogP contribution in [0, 0.1) is 11.9 Å². The number of thiol groups is 1. The number of nitrogens with zero attached hydrogens (tertiary/aromatic N) is 1. The van der Waals surface area contributed by atoms with Gasteiger partial charge in [-0.1, -0.05) is 12.2 Å². The molecule has 0 radical (unpaired) electrons. The highest BCUT2D eigenvalue weighted by Crippen LogP contribution is 2.07. The minimum Gasteiger partial charge on any atom is -0.190 e. The van der Waals surface area contributed by atoms with Crippen LogP contribution in [0.5, 0.6) is 0 Å². The quantitative estimate of drug-likeness (QED) is 0.586. The lowest BCUT2D eigenvalue weighted by molar-refractivity contribution is 0.511. The molecule has 0 aliphatic carbocycles. The Bertz CT molecular complexity index is 312. The minimum absolute atomic E-state index is 0.295. The highest BCUT2D eigenvalue weighted by atomic mass is 32.1. The number of allylic oxidation sites excluding steroid dienone is 1. The second kappa shape index (κ2) is 4.97. The molecule has 0 spiro atoms. The molecule has 70 valence electrons. The average Bonchev–Trinajstić information content (AvgIpc) is 2.09. The SMILES string of the molecule is Fc1ccc(C=CCCS)c(F)n1. The molecule has 1 aromatic heterocycles. The molecule has 0 amide bonds.